The highest BCUT2D eigenvalue weighted by Gasteiger charge is 2.26. The van der Waals surface area contributed by atoms with Crippen molar-refractivity contribution in [3.8, 4) is 0 Å². The van der Waals surface area contributed by atoms with Crippen molar-refractivity contribution in [3.05, 3.63) is 51.5 Å². The van der Waals surface area contributed by atoms with Gasteiger partial charge in [0.15, 0.2) is 0 Å². The third-order valence-electron chi connectivity index (χ3n) is 2.95. The second kappa shape index (κ2) is 5.97. The van der Waals surface area contributed by atoms with Gasteiger partial charge in [0.2, 0.25) is 0 Å². The van der Waals surface area contributed by atoms with Crippen LogP contribution in [0.1, 0.15) is 24.2 Å². The predicted molar refractivity (Wildman–Crippen MR) is 72.7 cm³/mol. The van der Waals surface area contributed by atoms with Crippen LogP contribution in [0.3, 0.4) is 0 Å². The second-order valence-corrected chi connectivity index (χ2v) is 5.13. The first-order valence-corrected chi connectivity index (χ1v) is 6.80. The van der Waals surface area contributed by atoms with E-state index in [4.69, 9.17) is 0 Å². The molecule has 2 rings (SSSR count). The van der Waals surface area contributed by atoms with Gasteiger partial charge in [0.25, 0.3) is 0 Å². The van der Waals surface area contributed by atoms with Crippen molar-refractivity contribution >= 4 is 15.9 Å². The molecule has 0 bridgehead atoms. The van der Waals surface area contributed by atoms with E-state index in [0.29, 0.717) is 28.8 Å². The Hall–Kier alpha value is -1.34. The normalized spacial score (nSPS) is 12.7. The third kappa shape index (κ3) is 2.73. The Morgan fingerprint density at radius 2 is 1.90 bits per heavy atom. The van der Waals surface area contributed by atoms with E-state index < -0.39 is 23.5 Å². The molecule has 7 heteroatoms. The monoisotopic (exact) mass is 347 g/mol. The van der Waals surface area contributed by atoms with Crippen LogP contribution in [0.5, 0.6) is 0 Å². The lowest BCUT2D eigenvalue weighted by Crippen LogP contribution is -2.26. The highest BCUT2D eigenvalue weighted by molar-refractivity contribution is 9.10. The van der Waals surface area contributed by atoms with Gasteiger partial charge >= 0.3 is 0 Å². The molecule has 1 atom stereocenters. The first-order valence-electron chi connectivity index (χ1n) is 6.01. The van der Waals surface area contributed by atoms with Gasteiger partial charge in [0.1, 0.15) is 17.5 Å². The summed E-state index contributed by atoms with van der Waals surface area (Å²) in [5.74, 6) is -2.80. The lowest BCUT2D eigenvalue weighted by atomic mass is 10.0. The summed E-state index contributed by atoms with van der Waals surface area (Å²) >= 11 is 3.31. The molecule has 0 amide bonds. The lowest BCUT2D eigenvalue weighted by molar-refractivity contribution is 0.478. The smallest absolute Gasteiger partial charge is 0.134 e. The lowest BCUT2D eigenvalue weighted by Gasteiger charge is -2.20. The average molecular weight is 348 g/mol. The van der Waals surface area contributed by atoms with Crippen LogP contribution in [0.2, 0.25) is 0 Å². The fraction of sp³-hybridized carbons (Fsp3) is 0.308. The van der Waals surface area contributed by atoms with E-state index in [9.17, 15) is 13.2 Å². The van der Waals surface area contributed by atoms with Crippen molar-refractivity contribution in [2.75, 3.05) is 6.54 Å². The quantitative estimate of drug-likeness (QED) is 0.919. The molecule has 0 spiro atoms. The number of nitrogens with one attached hydrogen (secondary N) is 1. The third-order valence-corrected chi connectivity index (χ3v) is 3.56. The van der Waals surface area contributed by atoms with E-state index in [1.165, 1.54) is 4.68 Å². The molecule has 0 fully saturated rings. The number of hydrogen-bond donors (Lipinski definition) is 1. The van der Waals surface area contributed by atoms with Crippen LogP contribution in [0.4, 0.5) is 13.2 Å². The van der Waals surface area contributed by atoms with E-state index in [1.54, 1.807) is 13.2 Å². The highest BCUT2D eigenvalue weighted by atomic mass is 79.9. The molecule has 0 saturated heterocycles. The number of aryl methyl sites for hydroxylation is 1. The van der Waals surface area contributed by atoms with E-state index in [-0.39, 0.29) is 5.56 Å². The molecular weight excluding hydrogens is 335 g/mol. The molecule has 1 aromatic carbocycles. The minimum atomic E-state index is -0.942. The Kier molecular flexibility index (Phi) is 4.49. The fourth-order valence-corrected chi connectivity index (χ4v) is 2.69. The molecule has 0 aliphatic heterocycles. The molecule has 108 valence electrons. The topological polar surface area (TPSA) is 29.9 Å². The summed E-state index contributed by atoms with van der Waals surface area (Å²) in [4.78, 5) is 0. The molecule has 0 saturated carbocycles. The maximum absolute atomic E-state index is 14.0. The van der Waals surface area contributed by atoms with Crippen LogP contribution in [0.15, 0.2) is 22.8 Å². The number of nitrogens with zero attached hydrogens (tertiary/aromatic N) is 2. The molecule has 2 aromatic rings. The van der Waals surface area contributed by atoms with Crippen LogP contribution in [0.25, 0.3) is 0 Å². The first kappa shape index (κ1) is 15.1. The molecule has 3 nitrogen and oxygen atoms in total. The van der Waals surface area contributed by atoms with Gasteiger partial charge in [-0.25, -0.2) is 13.2 Å². The molecule has 1 unspecified atom stereocenters. The minimum absolute atomic E-state index is 0.224. The zero-order chi connectivity index (χ0) is 14.9. The number of aromatic nitrogens is 2. The molecule has 0 aliphatic rings. The maximum atomic E-state index is 14.0. The van der Waals surface area contributed by atoms with Crippen LogP contribution >= 0.6 is 15.9 Å². The number of halogens is 4. The SMILES string of the molecule is CCNC(c1c(F)cc(F)cc1F)c1c(Br)cnn1C. The Morgan fingerprint density at radius 3 is 2.35 bits per heavy atom. The molecule has 0 aliphatic carbocycles. The largest absolute Gasteiger partial charge is 0.305 e. The molecule has 1 N–H and O–H groups in total. The number of rotatable bonds is 4. The van der Waals surface area contributed by atoms with E-state index >= 15 is 0 Å². The van der Waals surface area contributed by atoms with Gasteiger partial charge in [-0.05, 0) is 22.5 Å². The summed E-state index contributed by atoms with van der Waals surface area (Å²) < 4.78 is 43.1. The zero-order valence-electron chi connectivity index (χ0n) is 10.9. The second-order valence-electron chi connectivity index (χ2n) is 4.28. The number of hydrogen-bond acceptors (Lipinski definition) is 2. The standard InChI is InChI=1S/C13H13BrF3N3/c1-3-18-12(13-8(14)6-19-20(13)2)11-9(16)4-7(15)5-10(11)17/h4-6,12,18H,3H2,1-2H3. The summed E-state index contributed by atoms with van der Waals surface area (Å²) in [7, 11) is 1.67. The summed E-state index contributed by atoms with van der Waals surface area (Å²) in [6.45, 7) is 2.30. The van der Waals surface area contributed by atoms with Gasteiger partial charge in [0.05, 0.1) is 22.4 Å². The Bertz CT molecular complexity index is 585. The van der Waals surface area contributed by atoms with Gasteiger partial charge in [-0.2, -0.15) is 5.10 Å². The molecule has 0 radical (unpaired) electrons. The van der Waals surface area contributed by atoms with Crippen molar-refractivity contribution in [1.82, 2.24) is 15.1 Å². The first-order chi connectivity index (χ1) is 9.45. The minimum Gasteiger partial charge on any atom is -0.305 e. The number of benzene rings is 1. The van der Waals surface area contributed by atoms with Crippen molar-refractivity contribution in [3.63, 3.8) is 0 Å². The molecule has 1 heterocycles. The Labute approximate surface area is 122 Å². The van der Waals surface area contributed by atoms with Crippen molar-refractivity contribution in [1.29, 1.82) is 0 Å². The van der Waals surface area contributed by atoms with Gasteiger partial charge in [-0.15, -0.1) is 0 Å². The Balaban J connectivity index is 2.61. The van der Waals surface area contributed by atoms with Crippen molar-refractivity contribution in [2.45, 2.75) is 13.0 Å². The molecule has 20 heavy (non-hydrogen) atoms. The fourth-order valence-electron chi connectivity index (χ4n) is 2.11. The van der Waals surface area contributed by atoms with Gasteiger partial charge in [-0.3, -0.25) is 4.68 Å². The summed E-state index contributed by atoms with van der Waals surface area (Å²) in [5.41, 5.74) is 0.341. The van der Waals surface area contributed by atoms with E-state index in [2.05, 4.69) is 26.3 Å². The van der Waals surface area contributed by atoms with Crippen LogP contribution in [0, 0.1) is 17.5 Å². The summed E-state index contributed by atoms with van der Waals surface area (Å²) in [6, 6.07) is 0.586. The molecule has 1 aromatic heterocycles. The maximum Gasteiger partial charge on any atom is 0.134 e. The van der Waals surface area contributed by atoms with Gasteiger partial charge in [-0.1, -0.05) is 6.92 Å². The predicted octanol–water partition coefficient (Wildman–Crippen LogP) is 3.30. The van der Waals surface area contributed by atoms with E-state index in [1.807, 2.05) is 6.92 Å². The highest BCUT2D eigenvalue weighted by Crippen LogP contribution is 2.31. The average Bonchev–Trinajstić information content (AvgIpc) is 2.67. The van der Waals surface area contributed by atoms with Gasteiger partial charge in [0, 0.05) is 24.7 Å². The van der Waals surface area contributed by atoms with Crippen LogP contribution in [-0.2, 0) is 7.05 Å². The van der Waals surface area contributed by atoms with Gasteiger partial charge < -0.3 is 5.32 Å². The van der Waals surface area contributed by atoms with Crippen LogP contribution < -0.4 is 5.32 Å². The summed E-state index contributed by atoms with van der Waals surface area (Å²) in [6.07, 6.45) is 1.54. The van der Waals surface area contributed by atoms with Crippen molar-refractivity contribution in [2.24, 2.45) is 7.05 Å². The van der Waals surface area contributed by atoms with Crippen molar-refractivity contribution < 1.29 is 13.2 Å². The Morgan fingerprint density at radius 1 is 1.30 bits per heavy atom. The van der Waals surface area contributed by atoms with Crippen LogP contribution in [-0.4, -0.2) is 16.3 Å². The van der Waals surface area contributed by atoms with E-state index in [0.717, 1.165) is 0 Å². The summed E-state index contributed by atoms with van der Waals surface area (Å²) in [5, 5.41) is 7.02. The zero-order valence-corrected chi connectivity index (χ0v) is 12.5. The molecular formula is C13H13BrF3N3.